The number of nitrogens with one attached hydrogen (secondary N) is 1. The molecule has 2 aromatic carbocycles. The zero-order chi connectivity index (χ0) is 23.0. The minimum Gasteiger partial charge on any atom is -0.452 e. The highest BCUT2D eigenvalue weighted by Gasteiger charge is 2.38. The highest BCUT2D eigenvalue weighted by molar-refractivity contribution is 6.34. The van der Waals surface area contributed by atoms with E-state index in [0.29, 0.717) is 16.5 Å². The molecule has 3 aromatic rings. The second-order valence-electron chi connectivity index (χ2n) is 7.09. The van der Waals surface area contributed by atoms with Gasteiger partial charge >= 0.3 is 5.97 Å². The fourth-order valence-corrected chi connectivity index (χ4v) is 3.34. The van der Waals surface area contributed by atoms with Crippen LogP contribution in [0.2, 0.25) is 5.02 Å². The predicted molar refractivity (Wildman–Crippen MR) is 114 cm³/mol. The summed E-state index contributed by atoms with van der Waals surface area (Å²) in [5, 5.41) is 6.77. The van der Waals surface area contributed by atoms with Crippen molar-refractivity contribution in [1.29, 1.82) is 0 Å². The molecule has 0 atom stereocenters. The summed E-state index contributed by atoms with van der Waals surface area (Å²) in [6.07, 6.45) is 0. The van der Waals surface area contributed by atoms with Crippen LogP contribution >= 0.6 is 11.6 Å². The van der Waals surface area contributed by atoms with Crippen molar-refractivity contribution in [3.8, 4) is 0 Å². The van der Waals surface area contributed by atoms with Crippen molar-refractivity contribution in [3.05, 3.63) is 75.5 Å². The van der Waals surface area contributed by atoms with Crippen LogP contribution in [0.3, 0.4) is 0 Å². The van der Waals surface area contributed by atoms with E-state index in [9.17, 15) is 19.2 Å². The quantitative estimate of drug-likeness (QED) is 0.463. The Morgan fingerprint density at radius 2 is 1.81 bits per heavy atom. The maximum atomic E-state index is 12.7. The van der Waals surface area contributed by atoms with Gasteiger partial charge in [0.1, 0.15) is 5.76 Å². The Hall–Kier alpha value is -3.98. The van der Waals surface area contributed by atoms with Gasteiger partial charge in [0, 0.05) is 16.8 Å². The van der Waals surface area contributed by atoms with Crippen LogP contribution in [0.15, 0.2) is 47.0 Å². The summed E-state index contributed by atoms with van der Waals surface area (Å²) in [5.74, 6) is -2.08. The fourth-order valence-electron chi connectivity index (χ4n) is 3.16. The lowest BCUT2D eigenvalue weighted by Gasteiger charge is -2.09. The molecule has 1 aliphatic heterocycles. The number of imide groups is 1. The molecular formula is C22H16ClN3O6. The van der Waals surface area contributed by atoms with Crippen molar-refractivity contribution in [2.24, 2.45) is 0 Å². The molecule has 0 unspecified atom stereocenters. The Bertz CT molecular complexity index is 1280. The molecular weight excluding hydrogens is 438 g/mol. The van der Waals surface area contributed by atoms with Crippen molar-refractivity contribution in [1.82, 2.24) is 5.16 Å². The van der Waals surface area contributed by atoms with Crippen LogP contribution in [0.4, 0.5) is 11.5 Å². The van der Waals surface area contributed by atoms with Crippen LogP contribution in [0, 0.1) is 13.8 Å². The summed E-state index contributed by atoms with van der Waals surface area (Å²) in [6.45, 7) is 2.89. The maximum absolute atomic E-state index is 12.7. The number of hydrogen-bond acceptors (Lipinski definition) is 7. The number of hydrogen-bond donors (Lipinski definition) is 1. The molecule has 32 heavy (non-hydrogen) atoms. The standard InChI is InChI=1S/C22H16ClN3O6/c1-11-3-5-14(23)9-17(11)24-19(27)10-31-22(30)13-4-6-15-16(8-13)21(29)26(20(15)28)18-7-12(2)32-25-18/h3-9H,10H2,1-2H3,(H,24,27). The molecule has 1 N–H and O–H groups in total. The number of anilines is 2. The van der Waals surface area contributed by atoms with E-state index >= 15 is 0 Å². The van der Waals surface area contributed by atoms with Gasteiger partial charge in [0.15, 0.2) is 12.4 Å². The third-order valence-corrected chi connectivity index (χ3v) is 5.01. The van der Waals surface area contributed by atoms with Crippen LogP contribution in [0.1, 0.15) is 42.4 Å². The van der Waals surface area contributed by atoms with E-state index in [2.05, 4.69) is 10.5 Å². The zero-order valence-electron chi connectivity index (χ0n) is 17.0. The minimum atomic E-state index is -0.818. The largest absolute Gasteiger partial charge is 0.452 e. The molecule has 0 radical (unpaired) electrons. The zero-order valence-corrected chi connectivity index (χ0v) is 17.7. The number of carbonyl (C=O) groups is 4. The monoisotopic (exact) mass is 453 g/mol. The summed E-state index contributed by atoms with van der Waals surface area (Å²) in [5.41, 5.74) is 1.48. The van der Waals surface area contributed by atoms with Crippen molar-refractivity contribution < 1.29 is 28.4 Å². The van der Waals surface area contributed by atoms with Crippen LogP contribution in [0.25, 0.3) is 0 Å². The number of halogens is 1. The number of carbonyl (C=O) groups excluding carboxylic acids is 4. The van der Waals surface area contributed by atoms with E-state index in [1.165, 1.54) is 24.3 Å². The van der Waals surface area contributed by atoms with E-state index in [1.54, 1.807) is 32.0 Å². The van der Waals surface area contributed by atoms with Crippen molar-refractivity contribution in [2.45, 2.75) is 13.8 Å². The van der Waals surface area contributed by atoms with Crippen molar-refractivity contribution in [2.75, 3.05) is 16.8 Å². The Kier molecular flexibility index (Phi) is 5.50. The number of aryl methyl sites for hydroxylation is 2. The average molecular weight is 454 g/mol. The topological polar surface area (TPSA) is 119 Å². The van der Waals surface area contributed by atoms with Crippen LogP contribution in [-0.4, -0.2) is 35.5 Å². The lowest BCUT2D eigenvalue weighted by molar-refractivity contribution is -0.119. The first-order valence-corrected chi connectivity index (χ1v) is 9.81. The van der Waals surface area contributed by atoms with Gasteiger partial charge in [-0.15, -0.1) is 0 Å². The average Bonchev–Trinajstić information content (AvgIpc) is 3.29. The Labute approximate surface area is 186 Å². The van der Waals surface area contributed by atoms with Gasteiger partial charge in [-0.1, -0.05) is 22.8 Å². The lowest BCUT2D eigenvalue weighted by atomic mass is 10.1. The van der Waals surface area contributed by atoms with E-state index in [-0.39, 0.29) is 22.5 Å². The van der Waals surface area contributed by atoms with Crippen molar-refractivity contribution in [3.63, 3.8) is 0 Å². The van der Waals surface area contributed by atoms with Gasteiger partial charge in [-0.2, -0.15) is 0 Å². The summed E-state index contributed by atoms with van der Waals surface area (Å²) in [7, 11) is 0. The number of nitrogens with zero attached hydrogens (tertiary/aromatic N) is 2. The van der Waals surface area contributed by atoms with Gasteiger partial charge in [-0.05, 0) is 49.7 Å². The Morgan fingerprint density at radius 3 is 2.53 bits per heavy atom. The van der Waals surface area contributed by atoms with Gasteiger partial charge in [0.05, 0.1) is 16.7 Å². The fraction of sp³-hybridized carbons (Fsp3) is 0.136. The maximum Gasteiger partial charge on any atom is 0.338 e. The molecule has 0 aliphatic carbocycles. The molecule has 3 amide bonds. The molecule has 0 fully saturated rings. The SMILES string of the molecule is Cc1cc(N2C(=O)c3ccc(C(=O)OCC(=O)Nc4cc(Cl)ccc4C)cc3C2=O)no1. The summed E-state index contributed by atoms with van der Waals surface area (Å²) >= 11 is 5.93. The predicted octanol–water partition coefficient (Wildman–Crippen LogP) is 3.54. The van der Waals surface area contributed by atoms with Gasteiger partial charge in [0.25, 0.3) is 17.7 Å². The Balaban J connectivity index is 1.44. The number of benzene rings is 2. The number of fused-ring (bicyclic) bond motifs is 1. The number of ether oxygens (including phenoxy) is 1. The first kappa shape index (κ1) is 21.3. The van der Waals surface area contributed by atoms with Crippen LogP contribution in [-0.2, 0) is 9.53 Å². The molecule has 0 saturated heterocycles. The number of amides is 3. The third-order valence-electron chi connectivity index (χ3n) is 4.77. The van der Waals surface area contributed by atoms with E-state index in [0.717, 1.165) is 10.5 Å². The van der Waals surface area contributed by atoms with Gasteiger partial charge in [-0.3, -0.25) is 14.4 Å². The molecule has 4 rings (SSSR count). The van der Waals surface area contributed by atoms with Gasteiger partial charge < -0.3 is 14.6 Å². The number of esters is 1. The van der Waals surface area contributed by atoms with Crippen LogP contribution < -0.4 is 10.2 Å². The third kappa shape index (κ3) is 3.97. The summed E-state index contributed by atoms with van der Waals surface area (Å²) in [6, 6.07) is 10.4. The molecule has 2 heterocycles. The number of aromatic nitrogens is 1. The normalized spacial score (nSPS) is 12.7. The van der Waals surface area contributed by atoms with Crippen LogP contribution in [0.5, 0.6) is 0 Å². The minimum absolute atomic E-state index is 0.0230. The van der Waals surface area contributed by atoms with Crippen molar-refractivity contribution >= 4 is 46.8 Å². The molecule has 9 nitrogen and oxygen atoms in total. The Morgan fingerprint density at radius 1 is 1.06 bits per heavy atom. The highest BCUT2D eigenvalue weighted by Crippen LogP contribution is 2.29. The molecule has 1 aliphatic rings. The molecule has 0 bridgehead atoms. The molecule has 0 saturated carbocycles. The highest BCUT2D eigenvalue weighted by atomic mass is 35.5. The van der Waals surface area contributed by atoms with E-state index < -0.39 is 30.3 Å². The molecule has 0 spiro atoms. The number of rotatable bonds is 5. The van der Waals surface area contributed by atoms with Gasteiger partial charge in [0.2, 0.25) is 0 Å². The van der Waals surface area contributed by atoms with E-state index in [4.69, 9.17) is 20.9 Å². The van der Waals surface area contributed by atoms with E-state index in [1.807, 2.05) is 0 Å². The second kappa shape index (κ2) is 8.27. The second-order valence-corrected chi connectivity index (χ2v) is 7.52. The smallest absolute Gasteiger partial charge is 0.338 e. The lowest BCUT2D eigenvalue weighted by Crippen LogP contribution is -2.29. The molecule has 10 heteroatoms. The summed E-state index contributed by atoms with van der Waals surface area (Å²) in [4.78, 5) is 50.7. The first-order chi connectivity index (χ1) is 15.2. The summed E-state index contributed by atoms with van der Waals surface area (Å²) < 4.78 is 9.98. The first-order valence-electron chi connectivity index (χ1n) is 9.44. The molecule has 162 valence electrons. The van der Waals surface area contributed by atoms with Gasteiger partial charge in [-0.25, -0.2) is 9.69 Å². The molecule has 1 aromatic heterocycles.